The molecule has 5 N–H and O–H groups in total. The van der Waals surface area contributed by atoms with Gasteiger partial charge in [0.25, 0.3) is 20.2 Å². The number of nitrogens with one attached hydrogen (secondary N) is 3. The van der Waals surface area contributed by atoms with Crippen molar-refractivity contribution in [1.29, 1.82) is 0 Å². The molecule has 2 aromatic carbocycles. The number of ether oxygens (including phenoxy) is 1. The number of anilines is 3. The van der Waals surface area contributed by atoms with Gasteiger partial charge in [-0.25, -0.2) is 0 Å². The summed E-state index contributed by atoms with van der Waals surface area (Å²) in [4.78, 5) is 3.21. The summed E-state index contributed by atoms with van der Waals surface area (Å²) in [6.07, 6.45) is 0. The number of hydrogen-bond donors (Lipinski definition) is 5. The van der Waals surface area contributed by atoms with Gasteiger partial charge < -0.3 is 30.5 Å². The fraction of sp³-hybridized carbons (Fsp3) is 0.467. The lowest BCUT2D eigenvalue weighted by Gasteiger charge is -2.34. The number of allylic oxidation sites excluding steroid dienone is 1. The van der Waals surface area contributed by atoms with Gasteiger partial charge >= 0.3 is 0 Å². The SMILES string of the molecule is CC1=C(Cl)C(C)C(Oc2c(C)ccc(N3CCNCC3)c2S(=O)(=O)O)=C(Cl)C1Nc1ccc(N2CCNCC2)c(S(=O)(=O)O)c1C. The highest BCUT2D eigenvalue weighted by molar-refractivity contribution is 7.86. The summed E-state index contributed by atoms with van der Waals surface area (Å²) in [5, 5.41) is 10.3. The molecule has 2 fully saturated rings. The van der Waals surface area contributed by atoms with Crippen LogP contribution in [0.5, 0.6) is 5.75 Å². The molecule has 0 spiro atoms. The first-order chi connectivity index (χ1) is 21.6. The molecule has 2 heterocycles. The van der Waals surface area contributed by atoms with Crippen LogP contribution < -0.4 is 30.5 Å². The summed E-state index contributed by atoms with van der Waals surface area (Å²) in [7, 11) is -9.36. The Morgan fingerprint density at radius 2 is 1.30 bits per heavy atom. The lowest BCUT2D eigenvalue weighted by atomic mass is 9.92. The standard InChI is InChI=1S/C30H39Cl2N5O7S2/c1-17-5-7-23(37-15-11-34-12-16-37)30(46(41,42)43)27(17)44-28-20(4)24(31)19(3)26(25(28)32)35-21-6-8-22(36-13-9-33-10-14-36)29(18(21)2)45(38,39)40/h5-8,20,26,33-35H,9-16H2,1-4H3,(H,38,39,40)(H,41,42,43). The predicted molar refractivity (Wildman–Crippen MR) is 181 cm³/mol. The van der Waals surface area contributed by atoms with Gasteiger partial charge in [0, 0.05) is 63.1 Å². The van der Waals surface area contributed by atoms with Gasteiger partial charge in [0.2, 0.25) is 0 Å². The molecule has 0 radical (unpaired) electrons. The van der Waals surface area contributed by atoms with E-state index in [2.05, 4.69) is 16.0 Å². The van der Waals surface area contributed by atoms with Crippen molar-refractivity contribution in [3.63, 3.8) is 0 Å². The maximum Gasteiger partial charge on any atom is 0.300 e. The molecule has 2 aromatic rings. The van der Waals surface area contributed by atoms with E-state index >= 15 is 0 Å². The molecule has 0 bridgehead atoms. The molecular weight excluding hydrogens is 677 g/mol. The average molecular weight is 717 g/mol. The molecule has 2 atom stereocenters. The molecule has 16 heteroatoms. The fourth-order valence-electron chi connectivity index (χ4n) is 6.20. The summed E-state index contributed by atoms with van der Waals surface area (Å²) >= 11 is 13.9. The zero-order valence-corrected chi connectivity index (χ0v) is 29.2. The van der Waals surface area contributed by atoms with Crippen LogP contribution in [0.4, 0.5) is 17.1 Å². The molecule has 2 saturated heterocycles. The quantitative estimate of drug-likeness (QED) is 0.250. The highest BCUT2D eigenvalue weighted by Crippen LogP contribution is 2.45. The first-order valence-corrected chi connectivity index (χ1v) is 18.6. The molecule has 252 valence electrons. The minimum absolute atomic E-state index is 0.0634. The zero-order valence-electron chi connectivity index (χ0n) is 26.0. The van der Waals surface area contributed by atoms with Crippen molar-refractivity contribution in [2.75, 3.05) is 67.5 Å². The summed E-state index contributed by atoms with van der Waals surface area (Å²) < 4.78 is 78.0. The van der Waals surface area contributed by atoms with E-state index in [4.69, 9.17) is 27.9 Å². The van der Waals surface area contributed by atoms with Crippen molar-refractivity contribution in [2.45, 2.75) is 43.5 Å². The van der Waals surface area contributed by atoms with Gasteiger partial charge in [-0.05, 0) is 55.7 Å². The number of rotatable bonds is 8. The van der Waals surface area contributed by atoms with Gasteiger partial charge in [0.05, 0.1) is 28.4 Å². The molecule has 1 aliphatic carbocycles. The molecule has 2 aliphatic heterocycles. The molecule has 0 amide bonds. The number of piperazine rings is 2. The van der Waals surface area contributed by atoms with E-state index in [1.54, 1.807) is 52.0 Å². The van der Waals surface area contributed by atoms with Crippen LogP contribution in [0.2, 0.25) is 0 Å². The number of hydrogen-bond acceptors (Lipinski definition) is 10. The monoisotopic (exact) mass is 715 g/mol. The van der Waals surface area contributed by atoms with Crippen molar-refractivity contribution in [3.8, 4) is 5.75 Å². The molecule has 46 heavy (non-hydrogen) atoms. The van der Waals surface area contributed by atoms with Crippen LogP contribution in [-0.2, 0) is 20.2 Å². The van der Waals surface area contributed by atoms with E-state index in [1.165, 1.54) is 0 Å². The molecule has 3 aliphatic rings. The van der Waals surface area contributed by atoms with E-state index in [1.807, 2.05) is 9.80 Å². The van der Waals surface area contributed by atoms with Crippen molar-refractivity contribution < 1.29 is 30.7 Å². The van der Waals surface area contributed by atoms with Crippen LogP contribution >= 0.6 is 23.2 Å². The van der Waals surface area contributed by atoms with Gasteiger partial charge in [0.1, 0.15) is 10.7 Å². The Bertz CT molecular complexity index is 1800. The van der Waals surface area contributed by atoms with Crippen LogP contribution in [0.3, 0.4) is 0 Å². The van der Waals surface area contributed by atoms with E-state index in [9.17, 15) is 25.9 Å². The second kappa shape index (κ2) is 13.5. The Balaban J connectivity index is 1.58. The summed E-state index contributed by atoms with van der Waals surface area (Å²) in [6.45, 7) is 11.7. The van der Waals surface area contributed by atoms with E-state index in [0.717, 1.165) is 0 Å². The smallest absolute Gasteiger partial charge is 0.300 e. The second-order valence-corrected chi connectivity index (χ2v) is 15.2. The molecule has 0 saturated carbocycles. The fourth-order valence-corrected chi connectivity index (χ4v) is 8.69. The third kappa shape index (κ3) is 6.85. The Morgan fingerprint density at radius 1 is 0.804 bits per heavy atom. The van der Waals surface area contributed by atoms with Gasteiger partial charge in [0.15, 0.2) is 10.6 Å². The topological polar surface area (TPSA) is 161 Å². The van der Waals surface area contributed by atoms with Gasteiger partial charge in [-0.1, -0.05) is 36.2 Å². The van der Waals surface area contributed by atoms with Gasteiger partial charge in [-0.15, -0.1) is 0 Å². The molecule has 0 aromatic heterocycles. The summed E-state index contributed by atoms with van der Waals surface area (Å²) in [5.74, 6) is -0.467. The Kier molecular flexibility index (Phi) is 10.2. The van der Waals surface area contributed by atoms with Crippen LogP contribution in [0.1, 0.15) is 25.0 Å². The largest absolute Gasteiger partial charge is 0.458 e. The number of nitrogens with zero attached hydrogens (tertiary/aromatic N) is 2. The second-order valence-electron chi connectivity index (χ2n) is 11.7. The van der Waals surface area contributed by atoms with Crippen molar-refractivity contribution >= 4 is 60.5 Å². The van der Waals surface area contributed by atoms with Crippen LogP contribution in [-0.4, -0.2) is 84.3 Å². The maximum absolute atomic E-state index is 12.8. The maximum atomic E-state index is 12.8. The van der Waals surface area contributed by atoms with Gasteiger partial charge in [-0.2, -0.15) is 16.8 Å². The highest BCUT2D eigenvalue weighted by atomic mass is 35.5. The minimum Gasteiger partial charge on any atom is -0.458 e. The van der Waals surface area contributed by atoms with Crippen molar-refractivity contribution in [2.24, 2.45) is 5.92 Å². The molecular formula is C30H39Cl2N5O7S2. The summed E-state index contributed by atoms with van der Waals surface area (Å²) in [6, 6.07) is 5.96. The van der Waals surface area contributed by atoms with Crippen LogP contribution in [0, 0.1) is 19.8 Å². The van der Waals surface area contributed by atoms with Crippen LogP contribution in [0.25, 0.3) is 0 Å². The first kappa shape index (κ1) is 34.8. The first-order valence-electron chi connectivity index (χ1n) is 14.9. The summed E-state index contributed by atoms with van der Waals surface area (Å²) in [5.41, 5.74) is 2.50. The van der Waals surface area contributed by atoms with E-state index < -0.39 is 32.2 Å². The van der Waals surface area contributed by atoms with E-state index in [0.29, 0.717) is 91.2 Å². The number of aryl methyl sites for hydroxylation is 1. The predicted octanol–water partition coefficient (Wildman–Crippen LogP) is 4.09. The molecule has 2 unspecified atom stereocenters. The Hall–Kier alpha value is -2.56. The van der Waals surface area contributed by atoms with Crippen LogP contribution in [0.15, 0.2) is 55.5 Å². The third-order valence-corrected chi connectivity index (χ3v) is 11.7. The zero-order chi connectivity index (χ0) is 33.6. The van der Waals surface area contributed by atoms with Crippen molar-refractivity contribution in [3.05, 3.63) is 56.8 Å². The highest BCUT2D eigenvalue weighted by Gasteiger charge is 2.36. The number of halogens is 2. The third-order valence-electron chi connectivity index (χ3n) is 8.69. The van der Waals surface area contributed by atoms with Gasteiger partial charge in [-0.3, -0.25) is 9.11 Å². The Labute approximate surface area is 280 Å². The minimum atomic E-state index is -4.75. The van der Waals surface area contributed by atoms with Crippen molar-refractivity contribution in [1.82, 2.24) is 10.6 Å². The lowest BCUT2D eigenvalue weighted by molar-refractivity contribution is 0.355. The Morgan fingerprint density at radius 3 is 1.83 bits per heavy atom. The average Bonchev–Trinajstić information content (AvgIpc) is 3.01. The molecule has 12 nitrogen and oxygen atoms in total. The number of benzene rings is 2. The van der Waals surface area contributed by atoms with E-state index in [-0.39, 0.29) is 26.3 Å². The normalized spacial score (nSPS) is 21.6. The lowest BCUT2D eigenvalue weighted by Crippen LogP contribution is -2.44. The molecule has 5 rings (SSSR count).